The van der Waals surface area contributed by atoms with E-state index < -0.39 is 30.4 Å². The molecule has 10 nitrogen and oxygen atoms in total. The van der Waals surface area contributed by atoms with Gasteiger partial charge in [0.05, 0.1) is 30.6 Å². The quantitative estimate of drug-likeness (QED) is 0.468. The van der Waals surface area contributed by atoms with Crippen LogP contribution in [0.5, 0.6) is 0 Å². The summed E-state index contributed by atoms with van der Waals surface area (Å²) in [5, 5.41) is 37.0. The fourth-order valence-electron chi connectivity index (χ4n) is 4.22. The minimum absolute atomic E-state index is 0.0734. The van der Waals surface area contributed by atoms with Crippen LogP contribution in [0, 0.1) is 0 Å². The van der Waals surface area contributed by atoms with Crippen molar-refractivity contribution in [1.82, 2.24) is 24.8 Å². The largest absolute Gasteiger partial charge is 0.391 e. The Morgan fingerprint density at radius 2 is 2.00 bits per heavy atom. The number of imidazole rings is 1. The number of carbonyl (C=O) groups is 1. The maximum atomic E-state index is 11.7. The van der Waals surface area contributed by atoms with Crippen LogP contribution in [0.2, 0.25) is 0 Å². The summed E-state index contributed by atoms with van der Waals surface area (Å²) in [4.78, 5) is 24.7. The Morgan fingerprint density at radius 3 is 2.71 bits per heavy atom. The second-order valence-corrected chi connectivity index (χ2v) is 7.61. The standard InChI is InChI=1S/C18H26N6O4/c1-2-13(26)22-10-6-11(16(28)15(10)27)24-8-21-14-17(19-7-20-18(14)24)23-9-4-3-5-12(9)25/h7-12,15-16,25,27-28H,2-6H2,1H3,(H,22,26)(H,19,20,23)/t9-,10?,11+,12-,15+,16-/m0/s1. The summed E-state index contributed by atoms with van der Waals surface area (Å²) in [6, 6.07) is -1.07. The molecular weight excluding hydrogens is 364 g/mol. The third-order valence-corrected chi connectivity index (χ3v) is 5.84. The number of anilines is 1. The molecule has 2 aromatic heterocycles. The van der Waals surface area contributed by atoms with Gasteiger partial charge in [0.2, 0.25) is 5.91 Å². The van der Waals surface area contributed by atoms with E-state index in [1.54, 1.807) is 17.8 Å². The smallest absolute Gasteiger partial charge is 0.220 e. The zero-order valence-corrected chi connectivity index (χ0v) is 15.7. The predicted octanol–water partition coefficient (Wildman–Crippen LogP) is -0.287. The highest BCUT2D eigenvalue weighted by molar-refractivity contribution is 5.83. The van der Waals surface area contributed by atoms with E-state index in [-0.39, 0.29) is 11.9 Å². The van der Waals surface area contributed by atoms with Gasteiger partial charge in [0.1, 0.15) is 24.1 Å². The Bertz CT molecular complexity index is 858. The fraction of sp³-hybridized carbons (Fsp3) is 0.667. The molecule has 2 aromatic rings. The molecule has 152 valence electrons. The number of fused-ring (bicyclic) bond motifs is 1. The summed E-state index contributed by atoms with van der Waals surface area (Å²) in [6.07, 6.45) is 3.71. The van der Waals surface area contributed by atoms with Gasteiger partial charge in [-0.25, -0.2) is 15.0 Å². The first-order chi connectivity index (χ1) is 13.5. The number of hydrogen-bond acceptors (Lipinski definition) is 8. The monoisotopic (exact) mass is 390 g/mol. The SMILES string of the molecule is CCC(=O)NC1C[C@@H](n2cnc3c(N[C@H]4CCC[C@@H]4O)ncnc32)[C@H](O)[C@@H]1O. The lowest BCUT2D eigenvalue weighted by atomic mass is 10.2. The Kier molecular flexibility index (Phi) is 5.17. The molecule has 2 aliphatic carbocycles. The van der Waals surface area contributed by atoms with Crippen molar-refractivity contribution in [2.45, 2.75) is 75.5 Å². The van der Waals surface area contributed by atoms with Gasteiger partial charge in [-0.15, -0.1) is 0 Å². The van der Waals surface area contributed by atoms with Gasteiger partial charge in [0.15, 0.2) is 11.5 Å². The van der Waals surface area contributed by atoms with E-state index >= 15 is 0 Å². The van der Waals surface area contributed by atoms with Crippen LogP contribution in [-0.4, -0.2) is 71.1 Å². The van der Waals surface area contributed by atoms with Crippen LogP contribution in [0.1, 0.15) is 45.1 Å². The summed E-state index contributed by atoms with van der Waals surface area (Å²) >= 11 is 0. The molecule has 0 radical (unpaired) electrons. The predicted molar refractivity (Wildman–Crippen MR) is 100 cm³/mol. The van der Waals surface area contributed by atoms with Crippen molar-refractivity contribution in [2.24, 2.45) is 0 Å². The highest BCUT2D eigenvalue weighted by atomic mass is 16.3. The molecule has 2 heterocycles. The van der Waals surface area contributed by atoms with E-state index in [1.807, 2.05) is 0 Å². The Morgan fingerprint density at radius 1 is 1.18 bits per heavy atom. The van der Waals surface area contributed by atoms with Gasteiger partial charge < -0.3 is 30.5 Å². The zero-order chi connectivity index (χ0) is 19.8. The normalized spacial score (nSPS) is 32.7. The number of aliphatic hydroxyl groups is 3. The number of aliphatic hydroxyl groups excluding tert-OH is 3. The Hall–Kier alpha value is -2.30. The fourth-order valence-corrected chi connectivity index (χ4v) is 4.22. The lowest BCUT2D eigenvalue weighted by Crippen LogP contribution is -2.42. The molecule has 2 aliphatic rings. The average Bonchev–Trinajstić information content (AvgIpc) is 3.37. The van der Waals surface area contributed by atoms with Crippen LogP contribution in [0.15, 0.2) is 12.7 Å². The topological polar surface area (TPSA) is 145 Å². The van der Waals surface area contributed by atoms with Crippen molar-refractivity contribution >= 4 is 22.9 Å². The summed E-state index contributed by atoms with van der Waals surface area (Å²) in [6.45, 7) is 1.74. The molecule has 6 atom stereocenters. The molecule has 2 saturated carbocycles. The van der Waals surface area contributed by atoms with Crippen LogP contribution in [0.4, 0.5) is 5.82 Å². The molecule has 0 saturated heterocycles. The Labute approximate surface area is 162 Å². The molecule has 28 heavy (non-hydrogen) atoms. The number of amides is 1. The van der Waals surface area contributed by atoms with Gasteiger partial charge in [-0.2, -0.15) is 0 Å². The van der Waals surface area contributed by atoms with E-state index in [2.05, 4.69) is 25.6 Å². The lowest BCUT2D eigenvalue weighted by Gasteiger charge is -2.19. The Balaban J connectivity index is 1.59. The molecule has 4 rings (SSSR count). The van der Waals surface area contributed by atoms with Gasteiger partial charge in [-0.1, -0.05) is 6.92 Å². The summed E-state index contributed by atoms with van der Waals surface area (Å²) in [5.74, 6) is 0.370. The number of aromatic nitrogens is 4. The van der Waals surface area contributed by atoms with Gasteiger partial charge in [0.25, 0.3) is 0 Å². The first-order valence-electron chi connectivity index (χ1n) is 9.77. The number of nitrogens with one attached hydrogen (secondary N) is 2. The van der Waals surface area contributed by atoms with Crippen LogP contribution in [0.3, 0.4) is 0 Å². The zero-order valence-electron chi connectivity index (χ0n) is 15.7. The highest BCUT2D eigenvalue weighted by Crippen LogP contribution is 2.34. The number of nitrogens with zero attached hydrogens (tertiary/aromatic N) is 4. The van der Waals surface area contributed by atoms with Crippen LogP contribution in [-0.2, 0) is 4.79 Å². The van der Waals surface area contributed by atoms with Gasteiger partial charge in [-0.05, 0) is 25.7 Å². The summed E-state index contributed by atoms with van der Waals surface area (Å²) < 4.78 is 1.72. The molecule has 1 unspecified atom stereocenters. The van der Waals surface area contributed by atoms with Crippen LogP contribution >= 0.6 is 0 Å². The minimum Gasteiger partial charge on any atom is -0.391 e. The maximum absolute atomic E-state index is 11.7. The molecule has 0 aromatic carbocycles. The third-order valence-electron chi connectivity index (χ3n) is 5.84. The molecular formula is C18H26N6O4. The second kappa shape index (κ2) is 7.61. The second-order valence-electron chi connectivity index (χ2n) is 7.61. The molecule has 5 N–H and O–H groups in total. The number of hydrogen-bond donors (Lipinski definition) is 5. The van der Waals surface area contributed by atoms with Crippen LogP contribution < -0.4 is 10.6 Å². The van der Waals surface area contributed by atoms with E-state index in [4.69, 9.17) is 0 Å². The average molecular weight is 390 g/mol. The molecule has 1 amide bonds. The van der Waals surface area contributed by atoms with E-state index in [1.165, 1.54) is 6.33 Å². The first-order valence-corrected chi connectivity index (χ1v) is 9.77. The summed E-state index contributed by atoms with van der Waals surface area (Å²) in [5.41, 5.74) is 1.08. The minimum atomic E-state index is -1.06. The van der Waals surface area contributed by atoms with Gasteiger partial charge in [-0.3, -0.25) is 4.79 Å². The van der Waals surface area contributed by atoms with Crippen molar-refractivity contribution < 1.29 is 20.1 Å². The maximum Gasteiger partial charge on any atom is 0.220 e. The van der Waals surface area contributed by atoms with Crippen molar-refractivity contribution in [3.05, 3.63) is 12.7 Å². The lowest BCUT2D eigenvalue weighted by molar-refractivity contribution is -0.122. The van der Waals surface area contributed by atoms with Crippen molar-refractivity contribution in [3.8, 4) is 0 Å². The molecule has 0 bridgehead atoms. The number of rotatable bonds is 5. The highest BCUT2D eigenvalue weighted by Gasteiger charge is 2.43. The molecule has 0 aliphatic heterocycles. The van der Waals surface area contributed by atoms with E-state index in [0.717, 1.165) is 19.3 Å². The van der Waals surface area contributed by atoms with Gasteiger partial charge in [0, 0.05) is 6.42 Å². The van der Waals surface area contributed by atoms with E-state index in [0.29, 0.717) is 29.8 Å². The molecule has 0 spiro atoms. The third kappa shape index (κ3) is 3.31. The van der Waals surface area contributed by atoms with E-state index in [9.17, 15) is 20.1 Å². The van der Waals surface area contributed by atoms with Crippen molar-refractivity contribution in [1.29, 1.82) is 0 Å². The van der Waals surface area contributed by atoms with Crippen LogP contribution in [0.25, 0.3) is 11.2 Å². The first kappa shape index (κ1) is 19.0. The molecule has 10 heteroatoms. The number of carbonyl (C=O) groups excluding carboxylic acids is 1. The van der Waals surface area contributed by atoms with Gasteiger partial charge >= 0.3 is 0 Å². The van der Waals surface area contributed by atoms with Crippen molar-refractivity contribution in [3.63, 3.8) is 0 Å². The summed E-state index contributed by atoms with van der Waals surface area (Å²) in [7, 11) is 0. The molecule has 2 fully saturated rings. The van der Waals surface area contributed by atoms with Crippen molar-refractivity contribution in [2.75, 3.05) is 5.32 Å².